The Labute approximate surface area is 454 Å². The van der Waals surface area contributed by atoms with Crippen LogP contribution in [0.5, 0.6) is 11.8 Å². The topological polar surface area (TPSA) is 123 Å². The lowest BCUT2D eigenvalue weighted by Gasteiger charge is -2.42. The summed E-state index contributed by atoms with van der Waals surface area (Å²) in [7, 11) is -1.63. The summed E-state index contributed by atoms with van der Waals surface area (Å²) in [6.45, 7) is 34.2. The molecule has 2 amide bonds. The number of benzene rings is 2. The van der Waals surface area contributed by atoms with Crippen molar-refractivity contribution in [2.24, 2.45) is 0 Å². The third-order valence-corrected chi connectivity index (χ3v) is 29.2. The minimum Gasteiger partial charge on any atom is -0.543 e. The molecule has 5 heterocycles. The van der Waals surface area contributed by atoms with Crippen LogP contribution in [0.4, 0.5) is 24.2 Å². The fraction of sp³-hybridized carbons (Fsp3) is 0.644. The minimum absolute atomic E-state index is 0.0111. The average molecular weight is 1080 g/mol. The molecule has 7 rings (SSSR count). The molecule has 2 aromatic carbocycles. The quantitative estimate of drug-likeness (QED) is 0.0835. The monoisotopic (exact) mass is 1080 g/mol. The van der Waals surface area contributed by atoms with Crippen molar-refractivity contribution < 1.29 is 37.0 Å². The molecule has 0 aliphatic carbocycles. The number of halogens is 2. The van der Waals surface area contributed by atoms with Crippen molar-refractivity contribution in [2.45, 2.75) is 199 Å². The van der Waals surface area contributed by atoms with E-state index in [0.29, 0.717) is 51.8 Å². The van der Waals surface area contributed by atoms with Gasteiger partial charge in [-0.05, 0) is 129 Å². The zero-order valence-electron chi connectivity index (χ0n) is 48.7. The molecule has 3 aliphatic rings. The van der Waals surface area contributed by atoms with Gasteiger partial charge in [0.25, 0.3) is 8.32 Å². The molecule has 416 valence electrons. The summed E-state index contributed by atoms with van der Waals surface area (Å²) in [6.07, 6.45) is 6.31. The Morgan fingerprint density at radius 1 is 0.842 bits per heavy atom. The molecule has 3 fully saturated rings. The Balaban J connectivity index is 1.48. The van der Waals surface area contributed by atoms with E-state index in [1.165, 1.54) is 11.0 Å². The fourth-order valence-corrected chi connectivity index (χ4v) is 23.8. The Morgan fingerprint density at radius 3 is 2.12 bits per heavy atom. The first-order valence-electron chi connectivity index (χ1n) is 28.1. The summed E-state index contributed by atoms with van der Waals surface area (Å²) in [4.78, 5) is 45.3. The number of hydrazine groups is 1. The van der Waals surface area contributed by atoms with Gasteiger partial charge < -0.3 is 23.5 Å². The zero-order chi connectivity index (χ0) is 55.8. The van der Waals surface area contributed by atoms with Gasteiger partial charge in [-0.25, -0.2) is 23.4 Å². The largest absolute Gasteiger partial charge is 0.543 e. The SMILES string of the molecule is CC(C)[Si](C#Cc1c(F)ccc2cc(O[Si](C(C)C)(C(C)C)C(C)C)cc(-c3ncc4c(N5CCCCCN5C(=O)OC(C)(C)C)nc(OCC56CCCN5C(COC(=O)N(C)C)CC6)nc4c3F)c12)(C(C)C)C(C)C. The van der Waals surface area contributed by atoms with Crippen LogP contribution in [0.2, 0.25) is 33.2 Å². The molecular formula is C59H87F2N7O6Si2. The van der Waals surface area contributed by atoms with Crippen molar-refractivity contribution in [2.75, 3.05) is 52.0 Å². The number of aromatic nitrogens is 3. The summed E-state index contributed by atoms with van der Waals surface area (Å²) < 4.78 is 61.2. The zero-order valence-corrected chi connectivity index (χ0v) is 50.7. The molecule has 0 radical (unpaired) electrons. The predicted octanol–water partition coefficient (Wildman–Crippen LogP) is 14.5. The lowest BCUT2D eigenvalue weighted by Crippen LogP contribution is -2.50. The fourth-order valence-electron chi connectivity index (χ4n) is 13.4. The van der Waals surface area contributed by atoms with E-state index in [1.807, 2.05) is 32.9 Å². The number of rotatable bonds is 15. The van der Waals surface area contributed by atoms with Gasteiger partial charge >= 0.3 is 18.2 Å². The van der Waals surface area contributed by atoms with Crippen LogP contribution in [0, 0.1) is 23.1 Å². The molecule has 13 nitrogen and oxygen atoms in total. The van der Waals surface area contributed by atoms with Gasteiger partial charge in [-0.3, -0.25) is 14.9 Å². The van der Waals surface area contributed by atoms with E-state index in [-0.39, 0.29) is 81.5 Å². The highest BCUT2D eigenvalue weighted by Crippen LogP contribution is 2.47. The van der Waals surface area contributed by atoms with E-state index in [2.05, 4.69) is 99.4 Å². The number of anilines is 1. The van der Waals surface area contributed by atoms with Gasteiger partial charge in [-0.15, -0.1) is 5.54 Å². The predicted molar refractivity (Wildman–Crippen MR) is 306 cm³/mol. The molecule has 3 saturated heterocycles. The second-order valence-electron chi connectivity index (χ2n) is 24.8. The van der Waals surface area contributed by atoms with Crippen LogP contribution in [0.3, 0.4) is 0 Å². The van der Waals surface area contributed by atoms with Crippen LogP contribution in [-0.4, -0.2) is 122 Å². The number of ether oxygens (including phenoxy) is 3. The van der Waals surface area contributed by atoms with Crippen LogP contribution in [0.25, 0.3) is 32.9 Å². The smallest absolute Gasteiger partial charge is 0.429 e. The van der Waals surface area contributed by atoms with Gasteiger partial charge in [0.1, 0.15) is 49.7 Å². The number of nitrogens with zero attached hydrogens (tertiary/aromatic N) is 7. The molecule has 17 heteroatoms. The Kier molecular flexibility index (Phi) is 17.8. The molecule has 0 N–H and O–H groups in total. The summed E-state index contributed by atoms with van der Waals surface area (Å²) >= 11 is 0. The number of hydrogen-bond acceptors (Lipinski definition) is 11. The normalized spacial score (nSPS) is 18.8. The number of carbonyl (C=O) groups excluding carboxylic acids is 2. The first-order chi connectivity index (χ1) is 35.7. The highest BCUT2D eigenvalue weighted by molar-refractivity contribution is 6.90. The average Bonchev–Trinajstić information content (AvgIpc) is 3.82. The summed E-state index contributed by atoms with van der Waals surface area (Å²) in [5.41, 5.74) is 4.56. The van der Waals surface area contributed by atoms with Crippen LogP contribution < -0.4 is 14.2 Å². The molecule has 4 aromatic rings. The third kappa shape index (κ3) is 11.4. The van der Waals surface area contributed by atoms with Gasteiger partial charge in [0.05, 0.1) is 16.5 Å². The van der Waals surface area contributed by atoms with E-state index in [9.17, 15) is 9.59 Å². The molecule has 3 aliphatic heterocycles. The van der Waals surface area contributed by atoms with Gasteiger partial charge in [0.2, 0.25) is 0 Å². The maximum atomic E-state index is 18.6. The maximum absolute atomic E-state index is 18.6. The number of fused-ring (bicyclic) bond motifs is 3. The minimum atomic E-state index is -2.58. The molecule has 2 aromatic heterocycles. The highest BCUT2D eigenvalue weighted by atomic mass is 28.4. The lowest BCUT2D eigenvalue weighted by molar-refractivity contribution is 0.0231. The van der Waals surface area contributed by atoms with E-state index in [0.717, 1.165) is 51.5 Å². The number of pyridine rings is 1. The van der Waals surface area contributed by atoms with Gasteiger partial charge in [-0.1, -0.05) is 95.1 Å². The van der Waals surface area contributed by atoms with Crippen molar-refractivity contribution in [3.63, 3.8) is 0 Å². The number of carbonyl (C=O) groups is 2. The van der Waals surface area contributed by atoms with Gasteiger partial charge in [-0.2, -0.15) is 9.97 Å². The first kappa shape index (κ1) is 58.6. The molecule has 2 unspecified atom stereocenters. The van der Waals surface area contributed by atoms with Crippen molar-refractivity contribution in [3.8, 4) is 34.5 Å². The second kappa shape index (κ2) is 23.1. The third-order valence-electron chi connectivity index (χ3n) is 16.9. The lowest BCUT2D eigenvalue weighted by atomic mass is 9.95. The van der Waals surface area contributed by atoms with Crippen molar-refractivity contribution in [1.29, 1.82) is 0 Å². The van der Waals surface area contributed by atoms with Crippen molar-refractivity contribution in [1.82, 2.24) is 29.8 Å². The van der Waals surface area contributed by atoms with Crippen LogP contribution in [0.1, 0.15) is 154 Å². The van der Waals surface area contributed by atoms with E-state index in [1.54, 1.807) is 36.4 Å². The standard InChI is InChI=1S/C59H87F2N7O6Si2/c1-37(2)75(38(3)4,39(5)6)31-25-46-49(60)23-22-43-32-45(74-76(40(7)8,41(9)10)42(11)12)33-47(50(43)46)52-51(61)53-48(34-62-52)54(67-29-19-18-20-30-68(67)57(70)73-58(13,14)15)64-55(63-53)72-36-59-26-21-28-66(59)44(24-27-59)35-71-56(69)65(16)17/h22-23,32-34,37-42,44H,18-21,24,26-30,35-36H2,1-17H3. The Bertz CT molecular complexity index is 2780. The number of amides is 2. The molecule has 0 spiro atoms. The first-order valence-corrected chi connectivity index (χ1v) is 32.4. The van der Waals surface area contributed by atoms with Gasteiger partial charge in [0.15, 0.2) is 11.6 Å². The molecule has 0 bridgehead atoms. The highest BCUT2D eigenvalue weighted by Gasteiger charge is 2.51. The molecule has 0 saturated carbocycles. The summed E-state index contributed by atoms with van der Waals surface area (Å²) in [5.74, 6) is 2.99. The van der Waals surface area contributed by atoms with Crippen LogP contribution in [0.15, 0.2) is 30.5 Å². The molecule has 2 atom stereocenters. The summed E-state index contributed by atoms with van der Waals surface area (Å²) in [6, 6.07) is 6.92. The van der Waals surface area contributed by atoms with Gasteiger partial charge in [0, 0.05) is 50.4 Å². The molecular weight excluding hydrogens is 997 g/mol. The van der Waals surface area contributed by atoms with E-state index in [4.69, 9.17) is 33.6 Å². The van der Waals surface area contributed by atoms with E-state index >= 15 is 8.78 Å². The van der Waals surface area contributed by atoms with Crippen molar-refractivity contribution >= 4 is 56.1 Å². The number of hydrogen-bond donors (Lipinski definition) is 0. The molecule has 76 heavy (non-hydrogen) atoms. The van der Waals surface area contributed by atoms with Crippen molar-refractivity contribution in [3.05, 3.63) is 47.7 Å². The Morgan fingerprint density at radius 2 is 1.50 bits per heavy atom. The maximum Gasteiger partial charge on any atom is 0.429 e. The van der Waals surface area contributed by atoms with E-state index < -0.39 is 39.7 Å². The van der Waals surface area contributed by atoms with Crippen LogP contribution >= 0.6 is 0 Å². The van der Waals surface area contributed by atoms with Crippen LogP contribution in [-0.2, 0) is 9.47 Å². The Hall–Kier alpha value is -5.06. The summed E-state index contributed by atoms with van der Waals surface area (Å²) in [5, 5.41) is 4.68. The second-order valence-corrected chi connectivity index (χ2v) is 35.8.